The van der Waals surface area contributed by atoms with Crippen molar-refractivity contribution in [2.24, 2.45) is 0 Å². The second kappa shape index (κ2) is 7.20. The third-order valence-electron chi connectivity index (χ3n) is 5.69. The molecule has 0 spiro atoms. The van der Waals surface area contributed by atoms with E-state index < -0.39 is 0 Å². The Morgan fingerprint density at radius 1 is 1.18 bits per heavy atom. The Bertz CT molecular complexity index is 1120. The van der Waals surface area contributed by atoms with E-state index in [4.69, 9.17) is 4.42 Å². The molecule has 1 aliphatic carbocycles. The fraction of sp³-hybridized carbons (Fsp3) is 0.318. The molecule has 6 heteroatoms. The maximum absolute atomic E-state index is 12.1. The second-order valence-electron chi connectivity index (χ2n) is 7.50. The Morgan fingerprint density at radius 2 is 1.93 bits per heavy atom. The molecule has 2 aromatic carbocycles. The first-order chi connectivity index (χ1) is 13.4. The first-order valence-corrected chi connectivity index (χ1v) is 9.45. The van der Waals surface area contributed by atoms with E-state index in [1.165, 1.54) is 17.2 Å². The minimum atomic E-state index is -0.382. The molecule has 1 heterocycles. The molecule has 0 bridgehead atoms. The van der Waals surface area contributed by atoms with Crippen molar-refractivity contribution in [1.29, 1.82) is 0 Å². The van der Waals surface area contributed by atoms with E-state index in [9.17, 15) is 14.9 Å². The van der Waals surface area contributed by atoms with Gasteiger partial charge in [-0.15, -0.1) is 0 Å². The monoisotopic (exact) mass is 378 g/mol. The number of non-ortho nitro benzene ring substituents is 1. The standard InChI is InChI=1S/C22H22N2O4/c1-14(15-5-4-8-19(9-15)24(26)27)23(2)13-18-12-22(25)28-21-11-17-7-3-6-16(17)10-20(18)21/h4-5,8-12,14H,3,6-7,13H2,1-2H3. The van der Waals surface area contributed by atoms with Crippen molar-refractivity contribution in [3.05, 3.63) is 85.3 Å². The van der Waals surface area contributed by atoms with Gasteiger partial charge in [-0.05, 0) is 67.6 Å². The number of hydrogen-bond donors (Lipinski definition) is 0. The van der Waals surface area contributed by atoms with Gasteiger partial charge in [-0.2, -0.15) is 0 Å². The van der Waals surface area contributed by atoms with Gasteiger partial charge < -0.3 is 4.42 Å². The number of fused-ring (bicyclic) bond motifs is 2. The predicted molar refractivity (Wildman–Crippen MR) is 107 cm³/mol. The molecule has 1 aliphatic rings. The van der Waals surface area contributed by atoms with Gasteiger partial charge in [0.15, 0.2) is 0 Å². The van der Waals surface area contributed by atoms with Crippen LogP contribution in [0.25, 0.3) is 11.0 Å². The number of benzene rings is 2. The van der Waals surface area contributed by atoms with Crippen LogP contribution in [0.2, 0.25) is 0 Å². The number of nitrogens with zero attached hydrogens (tertiary/aromatic N) is 2. The van der Waals surface area contributed by atoms with Crippen molar-refractivity contribution >= 4 is 16.7 Å². The topological polar surface area (TPSA) is 76.6 Å². The lowest BCUT2D eigenvalue weighted by molar-refractivity contribution is -0.384. The van der Waals surface area contributed by atoms with Crippen molar-refractivity contribution in [3.63, 3.8) is 0 Å². The van der Waals surface area contributed by atoms with E-state index in [1.54, 1.807) is 18.2 Å². The van der Waals surface area contributed by atoms with E-state index in [2.05, 4.69) is 11.0 Å². The van der Waals surface area contributed by atoms with Gasteiger partial charge in [0.25, 0.3) is 5.69 Å². The second-order valence-corrected chi connectivity index (χ2v) is 7.50. The van der Waals surface area contributed by atoms with Crippen molar-refractivity contribution in [1.82, 2.24) is 4.90 Å². The van der Waals surface area contributed by atoms with Gasteiger partial charge in [-0.25, -0.2) is 4.79 Å². The van der Waals surface area contributed by atoms with Gasteiger partial charge in [0, 0.05) is 36.2 Å². The summed E-state index contributed by atoms with van der Waals surface area (Å²) in [5.41, 5.74) is 4.75. The molecule has 144 valence electrons. The molecule has 1 unspecified atom stereocenters. The molecule has 1 atom stereocenters. The summed E-state index contributed by atoms with van der Waals surface area (Å²) >= 11 is 0. The van der Waals surface area contributed by atoms with E-state index in [-0.39, 0.29) is 22.3 Å². The van der Waals surface area contributed by atoms with E-state index in [0.717, 1.165) is 35.8 Å². The number of rotatable bonds is 5. The van der Waals surface area contributed by atoms with Crippen LogP contribution >= 0.6 is 0 Å². The molecular formula is C22H22N2O4. The molecule has 1 aromatic heterocycles. The van der Waals surface area contributed by atoms with Gasteiger partial charge in [0.2, 0.25) is 0 Å². The molecule has 0 saturated heterocycles. The first-order valence-electron chi connectivity index (χ1n) is 9.45. The Hall–Kier alpha value is -2.99. The van der Waals surface area contributed by atoms with Crippen LogP contribution in [-0.2, 0) is 19.4 Å². The molecule has 6 nitrogen and oxygen atoms in total. The summed E-state index contributed by atoms with van der Waals surface area (Å²) in [6.07, 6.45) is 3.22. The summed E-state index contributed by atoms with van der Waals surface area (Å²) < 4.78 is 5.45. The van der Waals surface area contributed by atoms with Gasteiger partial charge in [-0.1, -0.05) is 12.1 Å². The number of aryl methyl sites for hydroxylation is 2. The largest absolute Gasteiger partial charge is 0.423 e. The van der Waals surface area contributed by atoms with Crippen molar-refractivity contribution < 1.29 is 9.34 Å². The first kappa shape index (κ1) is 18.4. The molecule has 0 amide bonds. The van der Waals surface area contributed by atoms with Crippen LogP contribution in [0.15, 0.2) is 51.7 Å². The maximum Gasteiger partial charge on any atom is 0.336 e. The SMILES string of the molecule is CC(c1cccc([N+](=O)[O-])c1)N(C)Cc1cc(=O)oc2cc3c(cc12)CCC3. The molecule has 4 rings (SSSR count). The van der Waals surface area contributed by atoms with Gasteiger partial charge in [0.1, 0.15) is 5.58 Å². The summed E-state index contributed by atoms with van der Waals surface area (Å²) in [4.78, 5) is 24.8. The number of nitro groups is 1. The minimum absolute atomic E-state index is 0.0448. The summed E-state index contributed by atoms with van der Waals surface area (Å²) in [5, 5.41) is 12.0. The van der Waals surface area contributed by atoms with Crippen LogP contribution in [0.3, 0.4) is 0 Å². The van der Waals surface area contributed by atoms with Gasteiger partial charge in [0.05, 0.1) is 4.92 Å². The summed E-state index contributed by atoms with van der Waals surface area (Å²) in [6.45, 7) is 2.55. The lowest BCUT2D eigenvalue weighted by atomic mass is 10.0. The maximum atomic E-state index is 12.1. The van der Waals surface area contributed by atoms with E-state index in [1.807, 2.05) is 26.1 Å². The normalized spacial score (nSPS) is 14.4. The zero-order valence-corrected chi connectivity index (χ0v) is 16.0. The van der Waals surface area contributed by atoms with Crippen LogP contribution in [0, 0.1) is 10.1 Å². The third-order valence-corrected chi connectivity index (χ3v) is 5.69. The smallest absolute Gasteiger partial charge is 0.336 e. The summed E-state index contributed by atoms with van der Waals surface area (Å²) in [6, 6.07) is 12.4. The third kappa shape index (κ3) is 3.43. The van der Waals surface area contributed by atoms with Gasteiger partial charge in [-0.3, -0.25) is 15.0 Å². The fourth-order valence-electron chi connectivity index (χ4n) is 3.98. The highest BCUT2D eigenvalue weighted by Gasteiger charge is 2.19. The average molecular weight is 378 g/mol. The minimum Gasteiger partial charge on any atom is -0.423 e. The highest BCUT2D eigenvalue weighted by atomic mass is 16.6. The molecule has 0 radical (unpaired) electrons. The predicted octanol–water partition coefficient (Wildman–Crippen LogP) is 4.38. The number of nitro benzene ring substituents is 1. The fourth-order valence-corrected chi connectivity index (χ4v) is 3.98. The summed E-state index contributed by atoms with van der Waals surface area (Å²) in [5.74, 6) is 0. The van der Waals surface area contributed by atoms with Crippen molar-refractivity contribution in [2.75, 3.05) is 7.05 Å². The molecule has 0 N–H and O–H groups in total. The Labute approximate surface area is 162 Å². The quantitative estimate of drug-likeness (QED) is 0.374. The van der Waals surface area contributed by atoms with Gasteiger partial charge >= 0.3 is 5.63 Å². The van der Waals surface area contributed by atoms with E-state index >= 15 is 0 Å². The molecule has 0 aliphatic heterocycles. The van der Waals surface area contributed by atoms with E-state index in [0.29, 0.717) is 12.1 Å². The number of hydrogen-bond acceptors (Lipinski definition) is 5. The van der Waals surface area contributed by atoms with Crippen LogP contribution in [-0.4, -0.2) is 16.9 Å². The van der Waals surface area contributed by atoms with Crippen LogP contribution in [0.5, 0.6) is 0 Å². The lowest BCUT2D eigenvalue weighted by Gasteiger charge is -2.25. The zero-order chi connectivity index (χ0) is 19.8. The Kier molecular flexibility index (Phi) is 4.73. The van der Waals surface area contributed by atoms with Crippen LogP contribution < -0.4 is 5.63 Å². The molecule has 3 aromatic rings. The van der Waals surface area contributed by atoms with Crippen LogP contribution in [0.1, 0.15) is 41.6 Å². The average Bonchev–Trinajstić information content (AvgIpc) is 3.13. The zero-order valence-electron chi connectivity index (χ0n) is 16.0. The Balaban J connectivity index is 1.66. The van der Waals surface area contributed by atoms with Crippen molar-refractivity contribution in [2.45, 2.75) is 38.8 Å². The molecule has 0 saturated carbocycles. The highest BCUT2D eigenvalue weighted by Crippen LogP contribution is 2.30. The lowest BCUT2D eigenvalue weighted by Crippen LogP contribution is -2.22. The Morgan fingerprint density at radius 3 is 2.68 bits per heavy atom. The van der Waals surface area contributed by atoms with Crippen molar-refractivity contribution in [3.8, 4) is 0 Å². The molecule has 0 fully saturated rings. The van der Waals surface area contributed by atoms with Crippen LogP contribution in [0.4, 0.5) is 5.69 Å². The summed E-state index contributed by atoms with van der Waals surface area (Å²) in [7, 11) is 1.96. The highest BCUT2D eigenvalue weighted by molar-refractivity contribution is 5.82. The molecular weight excluding hydrogens is 356 g/mol. The molecule has 28 heavy (non-hydrogen) atoms.